The highest BCUT2D eigenvalue weighted by Gasteiger charge is 2.06. The van der Waals surface area contributed by atoms with Crippen molar-refractivity contribution >= 4 is 29.1 Å². The second-order valence-electron chi connectivity index (χ2n) is 3.87. The van der Waals surface area contributed by atoms with Crippen molar-refractivity contribution in [2.75, 3.05) is 25.6 Å². The Morgan fingerprint density at radius 1 is 1.39 bits per heavy atom. The lowest BCUT2D eigenvalue weighted by Crippen LogP contribution is -2.25. The molecule has 0 spiro atoms. The molecule has 3 nitrogen and oxygen atoms in total. The Hall–Kier alpha value is -0.770. The van der Waals surface area contributed by atoms with Crippen LogP contribution < -0.4 is 5.32 Å². The Morgan fingerprint density at radius 3 is 2.83 bits per heavy atom. The first-order valence-electron chi connectivity index (χ1n) is 5.83. The molecule has 0 saturated heterocycles. The van der Waals surface area contributed by atoms with Gasteiger partial charge in [-0.25, -0.2) is 0 Å². The summed E-state index contributed by atoms with van der Waals surface area (Å²) in [6, 6.07) is 5.28. The van der Waals surface area contributed by atoms with Crippen LogP contribution in [0.3, 0.4) is 0 Å². The highest BCUT2D eigenvalue weighted by atomic mass is 35.5. The molecule has 1 amide bonds. The fraction of sp³-hybridized carbons (Fsp3) is 0.462. The molecule has 100 valence electrons. The standard InChI is InChI=1S/C13H17Cl2NO2/c1-10-3-4-11(9-12(10)15)13(17)16-6-2-7-18-8-5-14/h3-4,9H,2,5-8H2,1H3,(H,16,17). The summed E-state index contributed by atoms with van der Waals surface area (Å²) in [5.41, 5.74) is 1.54. The van der Waals surface area contributed by atoms with Gasteiger partial charge in [0, 0.05) is 29.6 Å². The third-order valence-electron chi connectivity index (χ3n) is 2.41. The first-order valence-corrected chi connectivity index (χ1v) is 6.74. The molecule has 0 atom stereocenters. The number of ether oxygens (including phenoxy) is 1. The molecule has 5 heteroatoms. The van der Waals surface area contributed by atoms with Crippen LogP contribution in [0.4, 0.5) is 0 Å². The monoisotopic (exact) mass is 289 g/mol. The minimum absolute atomic E-state index is 0.116. The van der Waals surface area contributed by atoms with Crippen LogP contribution in [0.5, 0.6) is 0 Å². The molecule has 0 aliphatic heterocycles. The van der Waals surface area contributed by atoms with Crippen LogP contribution in [-0.4, -0.2) is 31.5 Å². The zero-order valence-corrected chi connectivity index (χ0v) is 11.9. The van der Waals surface area contributed by atoms with E-state index in [0.29, 0.717) is 36.2 Å². The highest BCUT2D eigenvalue weighted by Crippen LogP contribution is 2.16. The molecular weight excluding hydrogens is 273 g/mol. The Balaban J connectivity index is 2.30. The molecule has 1 N–H and O–H groups in total. The normalized spacial score (nSPS) is 10.4. The molecular formula is C13H17Cl2NO2. The topological polar surface area (TPSA) is 38.3 Å². The van der Waals surface area contributed by atoms with Gasteiger partial charge in [0.1, 0.15) is 0 Å². The lowest BCUT2D eigenvalue weighted by atomic mass is 10.1. The maximum absolute atomic E-state index is 11.8. The second kappa shape index (κ2) is 8.35. The number of benzene rings is 1. The minimum atomic E-state index is -0.116. The van der Waals surface area contributed by atoms with Crippen LogP contribution in [-0.2, 0) is 4.74 Å². The predicted octanol–water partition coefficient (Wildman–Crippen LogP) is 3.02. The van der Waals surface area contributed by atoms with Gasteiger partial charge in [-0.2, -0.15) is 0 Å². The molecule has 1 rings (SSSR count). The first kappa shape index (κ1) is 15.3. The fourth-order valence-corrected chi connectivity index (χ4v) is 1.66. The lowest BCUT2D eigenvalue weighted by Gasteiger charge is -2.06. The quantitative estimate of drug-likeness (QED) is 0.619. The van der Waals surface area contributed by atoms with E-state index in [0.717, 1.165) is 12.0 Å². The molecule has 0 aromatic heterocycles. The number of hydrogen-bond acceptors (Lipinski definition) is 2. The van der Waals surface area contributed by atoms with Crippen molar-refractivity contribution in [2.45, 2.75) is 13.3 Å². The summed E-state index contributed by atoms with van der Waals surface area (Å²) in [5.74, 6) is 0.378. The second-order valence-corrected chi connectivity index (χ2v) is 4.66. The number of amides is 1. The number of nitrogens with one attached hydrogen (secondary N) is 1. The molecule has 1 aromatic carbocycles. The van der Waals surface area contributed by atoms with Crippen LogP contribution in [0, 0.1) is 6.92 Å². The van der Waals surface area contributed by atoms with E-state index in [4.69, 9.17) is 27.9 Å². The molecule has 0 aliphatic rings. The van der Waals surface area contributed by atoms with E-state index in [-0.39, 0.29) is 5.91 Å². The smallest absolute Gasteiger partial charge is 0.251 e. The largest absolute Gasteiger partial charge is 0.380 e. The molecule has 0 aliphatic carbocycles. The molecule has 0 saturated carbocycles. The van der Waals surface area contributed by atoms with Crippen LogP contribution in [0.25, 0.3) is 0 Å². The van der Waals surface area contributed by atoms with Gasteiger partial charge in [-0.3, -0.25) is 4.79 Å². The third-order valence-corrected chi connectivity index (χ3v) is 2.97. The van der Waals surface area contributed by atoms with E-state index in [1.54, 1.807) is 12.1 Å². The maximum atomic E-state index is 11.8. The van der Waals surface area contributed by atoms with Crippen molar-refractivity contribution < 1.29 is 9.53 Å². The lowest BCUT2D eigenvalue weighted by molar-refractivity contribution is 0.0944. The van der Waals surface area contributed by atoms with E-state index < -0.39 is 0 Å². The number of halogens is 2. The van der Waals surface area contributed by atoms with Gasteiger partial charge < -0.3 is 10.1 Å². The Bertz CT molecular complexity index is 397. The summed E-state index contributed by atoms with van der Waals surface area (Å²) in [4.78, 5) is 11.8. The van der Waals surface area contributed by atoms with E-state index in [2.05, 4.69) is 5.32 Å². The zero-order chi connectivity index (χ0) is 13.4. The van der Waals surface area contributed by atoms with Crippen LogP contribution in [0.15, 0.2) is 18.2 Å². The van der Waals surface area contributed by atoms with E-state index in [1.807, 2.05) is 13.0 Å². The van der Waals surface area contributed by atoms with Gasteiger partial charge in [-0.1, -0.05) is 17.7 Å². The molecule has 0 bridgehead atoms. The van der Waals surface area contributed by atoms with Gasteiger partial charge in [0.25, 0.3) is 5.91 Å². The number of rotatable bonds is 7. The molecule has 0 fully saturated rings. The summed E-state index contributed by atoms with van der Waals surface area (Å²) >= 11 is 11.4. The van der Waals surface area contributed by atoms with Crippen molar-refractivity contribution in [2.24, 2.45) is 0 Å². The average molecular weight is 290 g/mol. The SMILES string of the molecule is Cc1ccc(C(=O)NCCCOCCCl)cc1Cl. The van der Waals surface area contributed by atoms with E-state index >= 15 is 0 Å². The van der Waals surface area contributed by atoms with Gasteiger partial charge >= 0.3 is 0 Å². The molecule has 1 aromatic rings. The first-order chi connectivity index (χ1) is 8.65. The van der Waals surface area contributed by atoms with Crippen molar-refractivity contribution in [3.63, 3.8) is 0 Å². The van der Waals surface area contributed by atoms with Gasteiger partial charge in [0.05, 0.1) is 6.61 Å². The Labute approximate surface area is 117 Å². The zero-order valence-electron chi connectivity index (χ0n) is 10.3. The summed E-state index contributed by atoms with van der Waals surface area (Å²) in [5, 5.41) is 3.42. The Kier molecular flexibility index (Phi) is 7.09. The van der Waals surface area contributed by atoms with Gasteiger partial charge in [0.15, 0.2) is 0 Å². The number of alkyl halides is 1. The van der Waals surface area contributed by atoms with Gasteiger partial charge in [-0.05, 0) is 31.0 Å². The molecule has 18 heavy (non-hydrogen) atoms. The molecule has 0 heterocycles. The van der Waals surface area contributed by atoms with Crippen molar-refractivity contribution in [1.29, 1.82) is 0 Å². The van der Waals surface area contributed by atoms with Gasteiger partial charge in [0.2, 0.25) is 0 Å². The van der Waals surface area contributed by atoms with Crippen molar-refractivity contribution in [1.82, 2.24) is 5.32 Å². The summed E-state index contributed by atoms with van der Waals surface area (Å²) in [6.07, 6.45) is 0.766. The minimum Gasteiger partial charge on any atom is -0.380 e. The van der Waals surface area contributed by atoms with Gasteiger partial charge in [-0.15, -0.1) is 11.6 Å². The predicted molar refractivity (Wildman–Crippen MR) is 74.7 cm³/mol. The third kappa shape index (κ3) is 5.25. The molecule has 0 unspecified atom stereocenters. The summed E-state index contributed by atoms with van der Waals surface area (Å²) in [7, 11) is 0. The number of carbonyl (C=O) groups excluding carboxylic acids is 1. The number of aryl methyl sites for hydroxylation is 1. The summed E-state index contributed by atoms with van der Waals surface area (Å²) in [6.45, 7) is 3.62. The fourth-order valence-electron chi connectivity index (χ4n) is 1.37. The highest BCUT2D eigenvalue weighted by molar-refractivity contribution is 6.31. The summed E-state index contributed by atoms with van der Waals surface area (Å²) < 4.78 is 5.20. The van der Waals surface area contributed by atoms with E-state index in [1.165, 1.54) is 0 Å². The maximum Gasteiger partial charge on any atom is 0.251 e. The van der Waals surface area contributed by atoms with Crippen molar-refractivity contribution in [3.8, 4) is 0 Å². The number of hydrogen-bond donors (Lipinski definition) is 1. The van der Waals surface area contributed by atoms with Crippen LogP contribution in [0.1, 0.15) is 22.3 Å². The average Bonchev–Trinajstić information content (AvgIpc) is 2.36. The molecule has 0 radical (unpaired) electrons. The van der Waals surface area contributed by atoms with Crippen LogP contribution >= 0.6 is 23.2 Å². The Morgan fingerprint density at radius 2 is 2.17 bits per heavy atom. The van der Waals surface area contributed by atoms with Crippen molar-refractivity contribution in [3.05, 3.63) is 34.3 Å². The number of carbonyl (C=O) groups is 1. The van der Waals surface area contributed by atoms with E-state index in [9.17, 15) is 4.79 Å². The van der Waals surface area contributed by atoms with Crippen LogP contribution in [0.2, 0.25) is 5.02 Å².